The van der Waals surface area contributed by atoms with Crippen molar-refractivity contribution in [2.24, 2.45) is 0 Å². The van der Waals surface area contributed by atoms with Gasteiger partial charge in [-0.1, -0.05) is 29.5 Å². The summed E-state index contributed by atoms with van der Waals surface area (Å²) in [5, 5.41) is 0.593. The lowest BCUT2D eigenvalue weighted by Crippen LogP contribution is -2.26. The van der Waals surface area contributed by atoms with Crippen molar-refractivity contribution in [2.45, 2.75) is 13.8 Å². The van der Waals surface area contributed by atoms with Gasteiger partial charge in [0, 0.05) is 5.56 Å². The molecule has 0 fully saturated rings. The second kappa shape index (κ2) is 6.93. The van der Waals surface area contributed by atoms with Crippen LogP contribution in [0, 0.1) is 19.7 Å². The molecule has 3 aromatic carbocycles. The molecule has 0 aliphatic rings. The Hall–Kier alpha value is -3.05. The molecule has 3 nitrogen and oxygen atoms in total. The SMILES string of the molecule is Cc1cc(C)cc(N(C(=O)c2ccc(F)cc2)c2nc3ccccc3s2)c1. The maximum atomic E-state index is 13.3. The topological polar surface area (TPSA) is 33.2 Å². The molecule has 0 aliphatic heterocycles. The standard InChI is InChI=1S/C22H17FN2OS/c1-14-11-15(2)13-18(12-14)25(21(26)16-7-9-17(23)10-8-16)22-24-19-5-3-4-6-20(19)27-22/h3-13H,1-2H3. The number of carbonyl (C=O) groups is 1. The van der Waals surface area contributed by atoms with E-state index in [4.69, 9.17) is 0 Å². The van der Waals surface area contributed by atoms with Crippen molar-refractivity contribution in [1.29, 1.82) is 0 Å². The van der Waals surface area contributed by atoms with Crippen LogP contribution in [0.3, 0.4) is 0 Å². The van der Waals surface area contributed by atoms with Crippen LogP contribution in [0.5, 0.6) is 0 Å². The summed E-state index contributed by atoms with van der Waals surface area (Å²) in [5.74, 6) is -0.608. The van der Waals surface area contributed by atoms with E-state index < -0.39 is 0 Å². The summed E-state index contributed by atoms with van der Waals surface area (Å²) >= 11 is 1.46. The van der Waals surface area contributed by atoms with E-state index in [9.17, 15) is 9.18 Å². The highest BCUT2D eigenvalue weighted by Gasteiger charge is 2.23. The zero-order valence-electron chi connectivity index (χ0n) is 14.9. The highest BCUT2D eigenvalue weighted by Crippen LogP contribution is 2.35. The first-order chi connectivity index (χ1) is 13.0. The molecule has 1 amide bonds. The average molecular weight is 376 g/mol. The van der Waals surface area contributed by atoms with Crippen LogP contribution in [-0.4, -0.2) is 10.9 Å². The lowest BCUT2D eigenvalue weighted by molar-refractivity contribution is 0.0999. The predicted molar refractivity (Wildman–Crippen MR) is 108 cm³/mol. The molecule has 0 atom stereocenters. The number of hydrogen-bond acceptors (Lipinski definition) is 3. The first kappa shape index (κ1) is 17.4. The molecule has 4 aromatic rings. The smallest absolute Gasteiger partial charge is 0.264 e. The third-order valence-corrected chi connectivity index (χ3v) is 5.25. The van der Waals surface area contributed by atoms with E-state index in [1.807, 2.05) is 50.2 Å². The summed E-state index contributed by atoms with van der Waals surface area (Å²) < 4.78 is 14.3. The largest absolute Gasteiger partial charge is 0.268 e. The Kier molecular flexibility index (Phi) is 4.46. The minimum Gasteiger partial charge on any atom is -0.268 e. The monoisotopic (exact) mass is 376 g/mol. The zero-order valence-corrected chi connectivity index (χ0v) is 15.8. The first-order valence-electron chi connectivity index (χ1n) is 8.55. The summed E-state index contributed by atoms with van der Waals surface area (Å²) in [6.45, 7) is 3.99. The summed E-state index contributed by atoms with van der Waals surface area (Å²) in [6.07, 6.45) is 0. The number of anilines is 2. The fraction of sp³-hybridized carbons (Fsp3) is 0.0909. The molecule has 27 heavy (non-hydrogen) atoms. The van der Waals surface area contributed by atoms with Crippen LogP contribution in [0.1, 0.15) is 21.5 Å². The van der Waals surface area contributed by atoms with Gasteiger partial charge >= 0.3 is 0 Å². The molecule has 1 aromatic heterocycles. The molecule has 0 N–H and O–H groups in total. The van der Waals surface area contributed by atoms with Gasteiger partial charge in [0.2, 0.25) is 0 Å². The molecule has 4 rings (SSSR count). The van der Waals surface area contributed by atoms with Crippen LogP contribution < -0.4 is 4.90 Å². The van der Waals surface area contributed by atoms with Gasteiger partial charge in [-0.2, -0.15) is 0 Å². The number of carbonyl (C=O) groups excluding carboxylic acids is 1. The Bertz CT molecular complexity index is 1080. The van der Waals surface area contributed by atoms with Crippen molar-refractivity contribution >= 4 is 38.3 Å². The van der Waals surface area contributed by atoms with Crippen LogP contribution in [0.2, 0.25) is 0 Å². The summed E-state index contributed by atoms with van der Waals surface area (Å²) in [4.78, 5) is 19.6. The molecule has 5 heteroatoms. The van der Waals surface area contributed by atoms with E-state index in [2.05, 4.69) is 11.1 Å². The van der Waals surface area contributed by atoms with E-state index in [1.54, 1.807) is 4.90 Å². The number of halogens is 1. The first-order valence-corrected chi connectivity index (χ1v) is 9.37. The van der Waals surface area contributed by atoms with Crippen molar-refractivity contribution in [2.75, 3.05) is 4.90 Å². The second-order valence-corrected chi connectivity index (χ2v) is 7.47. The third-order valence-electron chi connectivity index (χ3n) is 4.23. The average Bonchev–Trinajstić information content (AvgIpc) is 3.05. The maximum Gasteiger partial charge on any atom is 0.264 e. The van der Waals surface area contributed by atoms with Gasteiger partial charge in [-0.15, -0.1) is 0 Å². The normalized spacial score (nSPS) is 10.9. The second-order valence-electron chi connectivity index (χ2n) is 6.46. The number of thiazole rings is 1. The van der Waals surface area contributed by atoms with Crippen LogP contribution in [0.4, 0.5) is 15.2 Å². The number of hydrogen-bond donors (Lipinski definition) is 0. The van der Waals surface area contributed by atoms with E-state index >= 15 is 0 Å². The number of nitrogens with zero attached hydrogens (tertiary/aromatic N) is 2. The molecule has 0 aliphatic carbocycles. The van der Waals surface area contributed by atoms with Crippen molar-refractivity contribution in [3.05, 3.63) is 89.2 Å². The number of aryl methyl sites for hydroxylation is 2. The maximum absolute atomic E-state index is 13.3. The Morgan fingerprint density at radius 2 is 1.63 bits per heavy atom. The van der Waals surface area contributed by atoms with Crippen molar-refractivity contribution in [3.63, 3.8) is 0 Å². The van der Waals surface area contributed by atoms with Crippen LogP contribution in [0.25, 0.3) is 10.2 Å². The lowest BCUT2D eigenvalue weighted by atomic mass is 10.1. The quantitative estimate of drug-likeness (QED) is 0.437. The Labute approximate surface area is 160 Å². The van der Waals surface area contributed by atoms with E-state index in [1.165, 1.54) is 35.6 Å². The minimum absolute atomic E-state index is 0.237. The molecule has 0 saturated heterocycles. The van der Waals surface area contributed by atoms with E-state index in [0.29, 0.717) is 10.7 Å². The predicted octanol–water partition coefficient (Wildman–Crippen LogP) is 6.03. The van der Waals surface area contributed by atoms with Gasteiger partial charge in [0.25, 0.3) is 5.91 Å². The number of para-hydroxylation sites is 1. The van der Waals surface area contributed by atoms with Gasteiger partial charge in [-0.05, 0) is 73.5 Å². The zero-order chi connectivity index (χ0) is 19.0. The lowest BCUT2D eigenvalue weighted by Gasteiger charge is -2.21. The molecule has 0 radical (unpaired) electrons. The Balaban J connectivity index is 1.88. The number of aromatic nitrogens is 1. The molecule has 134 valence electrons. The molecule has 0 bridgehead atoms. The Morgan fingerprint density at radius 1 is 0.963 bits per heavy atom. The molecule has 1 heterocycles. The van der Waals surface area contributed by atoms with E-state index in [0.717, 1.165) is 27.0 Å². The van der Waals surface area contributed by atoms with Crippen molar-refractivity contribution < 1.29 is 9.18 Å². The van der Waals surface area contributed by atoms with Crippen molar-refractivity contribution in [3.8, 4) is 0 Å². The fourth-order valence-electron chi connectivity index (χ4n) is 3.07. The number of rotatable bonds is 3. The summed E-state index contributed by atoms with van der Waals surface area (Å²) in [6, 6.07) is 19.4. The van der Waals surface area contributed by atoms with Crippen LogP contribution >= 0.6 is 11.3 Å². The van der Waals surface area contributed by atoms with Gasteiger partial charge < -0.3 is 0 Å². The van der Waals surface area contributed by atoms with Gasteiger partial charge in [0.1, 0.15) is 5.82 Å². The van der Waals surface area contributed by atoms with E-state index in [-0.39, 0.29) is 11.7 Å². The van der Waals surface area contributed by atoms with Crippen LogP contribution in [-0.2, 0) is 0 Å². The van der Waals surface area contributed by atoms with Gasteiger partial charge in [0.05, 0.1) is 15.9 Å². The number of amides is 1. The van der Waals surface area contributed by atoms with Gasteiger partial charge in [-0.25, -0.2) is 9.37 Å². The highest BCUT2D eigenvalue weighted by atomic mass is 32.1. The summed E-state index contributed by atoms with van der Waals surface area (Å²) in [5.41, 5.74) is 4.13. The number of fused-ring (bicyclic) bond motifs is 1. The Morgan fingerprint density at radius 3 is 2.30 bits per heavy atom. The molecule has 0 saturated carbocycles. The van der Waals surface area contributed by atoms with Crippen molar-refractivity contribution in [1.82, 2.24) is 4.98 Å². The summed E-state index contributed by atoms with van der Waals surface area (Å²) in [7, 11) is 0. The fourth-order valence-corrected chi connectivity index (χ4v) is 4.06. The molecular formula is C22H17FN2OS. The molecular weight excluding hydrogens is 359 g/mol. The molecule has 0 unspecified atom stereocenters. The van der Waals surface area contributed by atoms with Gasteiger partial charge in [-0.3, -0.25) is 9.69 Å². The third kappa shape index (κ3) is 3.46. The molecule has 0 spiro atoms. The van der Waals surface area contributed by atoms with Crippen LogP contribution in [0.15, 0.2) is 66.7 Å². The highest BCUT2D eigenvalue weighted by molar-refractivity contribution is 7.22. The number of benzene rings is 3. The minimum atomic E-state index is -0.371. The van der Waals surface area contributed by atoms with Gasteiger partial charge in [0.15, 0.2) is 5.13 Å².